The molecule has 1 N–H and O–H groups in total. The monoisotopic (exact) mass is 545 g/mol. The fourth-order valence-corrected chi connectivity index (χ4v) is 5.81. The molecule has 1 amide bonds. The number of hydrogen-bond acceptors (Lipinski definition) is 4. The van der Waals surface area contributed by atoms with E-state index in [1.54, 1.807) is 0 Å². The lowest BCUT2D eigenvalue weighted by atomic mass is 9.73. The summed E-state index contributed by atoms with van der Waals surface area (Å²) in [5, 5.41) is 3.43. The molecule has 213 valence electrons. The lowest BCUT2D eigenvalue weighted by Gasteiger charge is -2.42. The van der Waals surface area contributed by atoms with Crippen molar-refractivity contribution in [3.8, 4) is 0 Å². The van der Waals surface area contributed by atoms with Crippen molar-refractivity contribution in [2.24, 2.45) is 5.92 Å². The zero-order valence-corrected chi connectivity index (χ0v) is 25.8. The summed E-state index contributed by atoms with van der Waals surface area (Å²) in [7, 11) is 1.84. The molecule has 1 saturated carbocycles. The zero-order chi connectivity index (χ0) is 28.1. The molecular formula is C31H51BFN2O2S. The molecule has 1 aromatic rings. The van der Waals surface area contributed by atoms with Crippen LogP contribution in [-0.4, -0.2) is 49.0 Å². The number of carbonyl (C=O) groups is 1. The molecule has 2 heterocycles. The summed E-state index contributed by atoms with van der Waals surface area (Å²) in [6.07, 6.45) is 8.13. The lowest BCUT2D eigenvalue weighted by Crippen LogP contribution is -2.53. The molecule has 1 aliphatic carbocycles. The van der Waals surface area contributed by atoms with Gasteiger partial charge in [-0.15, -0.1) is 0 Å². The first-order chi connectivity index (χ1) is 17.9. The van der Waals surface area contributed by atoms with Crippen molar-refractivity contribution in [3.63, 3.8) is 0 Å². The van der Waals surface area contributed by atoms with Crippen LogP contribution in [0.15, 0.2) is 18.2 Å². The maximum atomic E-state index is 13.8. The normalized spacial score (nSPS) is 22.7. The maximum absolute atomic E-state index is 13.8. The number of carbonyl (C=O) groups excluding carboxylic acids is 1. The molecule has 0 aromatic heterocycles. The Bertz CT molecular complexity index is 917. The highest BCUT2D eigenvalue weighted by Gasteiger charge is 2.54. The quantitative estimate of drug-likeness (QED) is 0.260. The van der Waals surface area contributed by atoms with Gasteiger partial charge in [0.1, 0.15) is 6.17 Å². The third-order valence-electron chi connectivity index (χ3n) is 9.20. The summed E-state index contributed by atoms with van der Waals surface area (Å²) in [5.41, 5.74) is 2.59. The van der Waals surface area contributed by atoms with Crippen LogP contribution in [0.25, 0.3) is 0 Å². The molecule has 2 aliphatic heterocycles. The van der Waals surface area contributed by atoms with Gasteiger partial charge >= 0.3 is 7.48 Å². The molecule has 0 unspecified atom stereocenters. The fourth-order valence-electron chi connectivity index (χ4n) is 5.76. The summed E-state index contributed by atoms with van der Waals surface area (Å²) in [6.45, 7) is 16.3. The van der Waals surface area contributed by atoms with E-state index in [4.69, 9.17) is 17.3 Å². The molecule has 1 spiro atoms. The largest absolute Gasteiger partial charge is 0.428 e. The highest BCUT2D eigenvalue weighted by atomic mass is 32.1. The van der Waals surface area contributed by atoms with E-state index in [1.165, 1.54) is 12.0 Å². The molecular weight excluding hydrogens is 494 g/mol. The van der Waals surface area contributed by atoms with E-state index in [0.717, 1.165) is 81.5 Å². The van der Waals surface area contributed by atoms with Crippen molar-refractivity contribution < 1.29 is 13.8 Å². The predicted octanol–water partition coefficient (Wildman–Crippen LogP) is 6.52. The number of alkyl halides is 1. The standard InChI is InChI=1S/C24H36BN2O2S.C7H15F/c1-6-16-13-18(14-16)27-20-15-17(25-29-22(2,3)23(4,5)30)7-8-19(20)24(21(27)28)9-11-26-12-10-24;1-3-5-7(8)6-4-2/h7-8,15-16,18,26,30H,6,9-14H2,1-5H3;7H,3-6H2,1-2H3. The Kier molecular flexibility index (Phi) is 10.8. The van der Waals surface area contributed by atoms with Crippen LogP contribution in [0.3, 0.4) is 0 Å². The SMILES string of the molecule is CCC1CC(N2C(=O)C3(CCNCC3)c3ccc([B]OC(C)(C)C(C)(C)S)cc32)C1.CCCC(F)CCC. The second kappa shape index (κ2) is 13.1. The van der Waals surface area contributed by atoms with Gasteiger partial charge < -0.3 is 14.9 Å². The molecule has 1 aromatic carbocycles. The van der Waals surface area contributed by atoms with Crippen LogP contribution >= 0.6 is 12.6 Å². The van der Waals surface area contributed by atoms with E-state index < -0.39 is 11.8 Å². The first kappa shape index (κ1) is 31.5. The summed E-state index contributed by atoms with van der Waals surface area (Å²) < 4.78 is 18.3. The average Bonchev–Trinajstić information content (AvgIpc) is 3.05. The van der Waals surface area contributed by atoms with E-state index in [9.17, 15) is 9.18 Å². The van der Waals surface area contributed by atoms with Crippen molar-refractivity contribution >= 4 is 37.2 Å². The number of hydrogen-bond donors (Lipinski definition) is 2. The third kappa shape index (κ3) is 6.81. The van der Waals surface area contributed by atoms with Crippen molar-refractivity contribution in [1.29, 1.82) is 0 Å². The zero-order valence-electron chi connectivity index (χ0n) is 24.9. The van der Waals surface area contributed by atoms with Crippen LogP contribution in [-0.2, 0) is 14.9 Å². The Morgan fingerprint density at radius 2 is 1.74 bits per heavy atom. The molecule has 4 rings (SSSR count). The minimum absolute atomic E-state index is 0.275. The van der Waals surface area contributed by atoms with Crippen LogP contribution in [0.2, 0.25) is 0 Å². The molecule has 38 heavy (non-hydrogen) atoms. The van der Waals surface area contributed by atoms with Gasteiger partial charge in [0.25, 0.3) is 0 Å². The van der Waals surface area contributed by atoms with Crippen LogP contribution in [0.5, 0.6) is 0 Å². The van der Waals surface area contributed by atoms with Crippen LogP contribution < -0.4 is 15.7 Å². The molecule has 4 nitrogen and oxygen atoms in total. The number of halogens is 1. The van der Waals surface area contributed by atoms with E-state index in [-0.39, 0.29) is 10.2 Å². The second-order valence-corrected chi connectivity index (χ2v) is 13.8. The van der Waals surface area contributed by atoms with E-state index >= 15 is 0 Å². The van der Waals surface area contributed by atoms with E-state index in [0.29, 0.717) is 11.9 Å². The molecule has 1 saturated heterocycles. The molecule has 1 radical (unpaired) electrons. The minimum Gasteiger partial charge on any atom is -0.428 e. The van der Waals surface area contributed by atoms with E-state index in [2.05, 4.69) is 63.0 Å². The number of anilines is 1. The van der Waals surface area contributed by atoms with Gasteiger partial charge in [0, 0.05) is 16.5 Å². The first-order valence-electron chi connectivity index (χ1n) is 15.0. The maximum Gasteiger partial charge on any atom is 0.330 e. The highest BCUT2D eigenvalue weighted by Crippen LogP contribution is 2.50. The fraction of sp³-hybridized carbons (Fsp3) is 0.774. The molecule has 0 atom stereocenters. The molecule has 3 aliphatic rings. The van der Waals surface area contributed by atoms with Gasteiger partial charge in [0.15, 0.2) is 0 Å². The van der Waals surface area contributed by atoms with Crippen LogP contribution in [0, 0.1) is 5.92 Å². The van der Waals surface area contributed by atoms with Crippen molar-refractivity contribution in [2.45, 2.75) is 134 Å². The smallest absolute Gasteiger partial charge is 0.330 e. The van der Waals surface area contributed by atoms with E-state index in [1.807, 2.05) is 21.3 Å². The van der Waals surface area contributed by atoms with Gasteiger partial charge in [0.05, 0.1) is 11.0 Å². The van der Waals surface area contributed by atoms with Gasteiger partial charge in [-0.2, -0.15) is 12.6 Å². The average molecular weight is 546 g/mol. The minimum atomic E-state index is -0.537. The lowest BCUT2D eigenvalue weighted by molar-refractivity contribution is -0.125. The Hall–Kier alpha value is -1.05. The van der Waals surface area contributed by atoms with Gasteiger partial charge in [-0.05, 0) is 96.9 Å². The summed E-state index contributed by atoms with van der Waals surface area (Å²) in [6, 6.07) is 6.81. The summed E-state index contributed by atoms with van der Waals surface area (Å²) >= 11 is 4.70. The Morgan fingerprint density at radius 1 is 1.13 bits per heavy atom. The highest BCUT2D eigenvalue weighted by molar-refractivity contribution is 7.81. The Balaban J connectivity index is 0.000000436. The molecule has 2 fully saturated rings. The van der Waals surface area contributed by atoms with Crippen molar-refractivity contribution in [2.75, 3.05) is 18.0 Å². The number of fused-ring (bicyclic) bond motifs is 2. The van der Waals surface area contributed by atoms with Gasteiger partial charge in [-0.1, -0.05) is 57.6 Å². The van der Waals surface area contributed by atoms with Crippen LogP contribution in [0.4, 0.5) is 10.1 Å². The number of benzene rings is 1. The molecule has 0 bridgehead atoms. The van der Waals surface area contributed by atoms with Gasteiger partial charge in [-0.3, -0.25) is 4.79 Å². The van der Waals surface area contributed by atoms with Crippen molar-refractivity contribution in [1.82, 2.24) is 5.32 Å². The number of piperidine rings is 1. The second-order valence-electron chi connectivity index (χ2n) is 12.7. The first-order valence-corrected chi connectivity index (χ1v) is 15.4. The Labute approximate surface area is 237 Å². The Morgan fingerprint density at radius 3 is 2.26 bits per heavy atom. The number of nitrogens with zero attached hydrogens (tertiary/aromatic N) is 1. The number of amides is 1. The van der Waals surface area contributed by atoms with Gasteiger partial charge in [-0.25, -0.2) is 4.39 Å². The molecule has 7 heteroatoms. The third-order valence-corrected chi connectivity index (χ3v) is 9.74. The number of rotatable bonds is 10. The topological polar surface area (TPSA) is 41.6 Å². The van der Waals surface area contributed by atoms with Crippen molar-refractivity contribution in [3.05, 3.63) is 23.8 Å². The summed E-state index contributed by atoms with van der Waals surface area (Å²) in [5.74, 6) is 1.08. The number of nitrogens with one attached hydrogen (secondary N) is 1. The van der Waals surface area contributed by atoms with Crippen LogP contribution in [0.1, 0.15) is 112 Å². The number of thiol groups is 1. The van der Waals surface area contributed by atoms with Gasteiger partial charge in [0.2, 0.25) is 5.91 Å². The predicted molar refractivity (Wildman–Crippen MR) is 163 cm³/mol. The summed E-state index contributed by atoms with van der Waals surface area (Å²) in [4.78, 5) is 15.9.